The number of carboxylic acid groups (broad SMARTS) is 1. The summed E-state index contributed by atoms with van der Waals surface area (Å²) < 4.78 is 27.8. The number of hydrogen-bond acceptors (Lipinski definition) is 4. The van der Waals surface area contributed by atoms with Crippen LogP contribution in [0.2, 0.25) is 10.0 Å². The van der Waals surface area contributed by atoms with Crippen molar-refractivity contribution in [2.75, 3.05) is 10.0 Å². The maximum atomic E-state index is 12.8. The summed E-state index contributed by atoms with van der Waals surface area (Å²) in [6.45, 7) is 0. The van der Waals surface area contributed by atoms with Crippen LogP contribution in [-0.2, 0) is 14.8 Å². The van der Waals surface area contributed by atoms with E-state index in [0.29, 0.717) is 16.3 Å². The van der Waals surface area contributed by atoms with Gasteiger partial charge in [0.25, 0.3) is 15.9 Å². The lowest BCUT2D eigenvalue weighted by atomic mass is 10.1. The molecular formula is C22H16Cl2N2O5S. The first-order valence-corrected chi connectivity index (χ1v) is 11.3. The van der Waals surface area contributed by atoms with Gasteiger partial charge in [0.15, 0.2) is 0 Å². The highest BCUT2D eigenvalue weighted by Crippen LogP contribution is 2.25. The molecule has 7 nitrogen and oxygen atoms in total. The first-order chi connectivity index (χ1) is 15.1. The number of aliphatic carboxylic acids is 1. The van der Waals surface area contributed by atoms with Crippen LogP contribution in [0.4, 0.5) is 11.4 Å². The average molecular weight is 491 g/mol. The van der Waals surface area contributed by atoms with E-state index in [1.165, 1.54) is 48.5 Å². The van der Waals surface area contributed by atoms with E-state index in [1.807, 2.05) is 0 Å². The lowest BCUT2D eigenvalue weighted by Crippen LogP contribution is -2.18. The minimum Gasteiger partial charge on any atom is -0.478 e. The van der Waals surface area contributed by atoms with Crippen molar-refractivity contribution in [3.8, 4) is 0 Å². The van der Waals surface area contributed by atoms with Crippen LogP contribution >= 0.6 is 23.2 Å². The molecule has 0 fully saturated rings. The van der Waals surface area contributed by atoms with Gasteiger partial charge in [0, 0.05) is 21.8 Å². The van der Waals surface area contributed by atoms with E-state index in [0.717, 1.165) is 6.08 Å². The quantitative estimate of drug-likeness (QED) is 0.396. The molecule has 0 aliphatic heterocycles. The Morgan fingerprint density at radius 2 is 1.50 bits per heavy atom. The zero-order valence-corrected chi connectivity index (χ0v) is 18.6. The summed E-state index contributed by atoms with van der Waals surface area (Å²) in [6.07, 6.45) is 2.41. The summed E-state index contributed by atoms with van der Waals surface area (Å²) in [7, 11) is -3.98. The molecule has 0 aromatic heterocycles. The molecule has 0 saturated carbocycles. The number of sulfonamides is 1. The van der Waals surface area contributed by atoms with Crippen molar-refractivity contribution in [1.82, 2.24) is 0 Å². The van der Waals surface area contributed by atoms with E-state index in [1.54, 1.807) is 24.3 Å². The molecule has 0 aliphatic carbocycles. The Labute approximate surface area is 194 Å². The fourth-order valence-corrected chi connectivity index (χ4v) is 4.03. The first-order valence-electron chi connectivity index (χ1n) is 9.04. The molecule has 0 unspecified atom stereocenters. The van der Waals surface area contributed by atoms with E-state index in [9.17, 15) is 18.0 Å². The van der Waals surface area contributed by atoms with E-state index in [-0.39, 0.29) is 21.2 Å². The zero-order chi connectivity index (χ0) is 23.3. The van der Waals surface area contributed by atoms with Crippen LogP contribution in [0, 0.1) is 0 Å². The Bertz CT molecular complexity index is 1290. The highest BCUT2D eigenvalue weighted by atomic mass is 35.5. The maximum absolute atomic E-state index is 12.8. The normalized spacial score (nSPS) is 11.3. The molecule has 3 aromatic carbocycles. The van der Waals surface area contributed by atoms with Crippen LogP contribution in [0.1, 0.15) is 15.9 Å². The van der Waals surface area contributed by atoms with E-state index < -0.39 is 21.9 Å². The molecule has 0 bridgehead atoms. The molecule has 164 valence electrons. The van der Waals surface area contributed by atoms with Crippen LogP contribution in [0.25, 0.3) is 6.08 Å². The van der Waals surface area contributed by atoms with Gasteiger partial charge in [-0.1, -0.05) is 35.3 Å². The van der Waals surface area contributed by atoms with E-state index in [2.05, 4.69) is 10.0 Å². The average Bonchev–Trinajstić information content (AvgIpc) is 2.74. The fourth-order valence-electron chi connectivity index (χ4n) is 2.65. The lowest BCUT2D eigenvalue weighted by Gasteiger charge is -2.13. The molecule has 3 aromatic rings. The van der Waals surface area contributed by atoms with Crippen molar-refractivity contribution >= 4 is 62.6 Å². The van der Waals surface area contributed by atoms with Crippen molar-refractivity contribution in [3.05, 3.63) is 94.0 Å². The Hall–Kier alpha value is -3.33. The maximum Gasteiger partial charge on any atom is 0.328 e. The molecule has 3 N–H and O–H groups in total. The van der Waals surface area contributed by atoms with E-state index >= 15 is 0 Å². The fraction of sp³-hybridized carbons (Fsp3) is 0. The molecule has 1 amide bonds. The lowest BCUT2D eigenvalue weighted by molar-refractivity contribution is -0.131. The topological polar surface area (TPSA) is 113 Å². The second-order valence-corrected chi connectivity index (χ2v) is 9.05. The number of nitrogens with one attached hydrogen (secondary N) is 2. The number of carbonyl (C=O) groups is 2. The van der Waals surface area contributed by atoms with Crippen molar-refractivity contribution in [3.63, 3.8) is 0 Å². The zero-order valence-electron chi connectivity index (χ0n) is 16.2. The summed E-state index contributed by atoms with van der Waals surface area (Å²) in [5.74, 6) is -1.66. The second-order valence-electron chi connectivity index (χ2n) is 6.50. The van der Waals surface area contributed by atoms with Gasteiger partial charge in [0.1, 0.15) is 0 Å². The van der Waals surface area contributed by atoms with E-state index in [4.69, 9.17) is 28.3 Å². The molecule has 0 saturated heterocycles. The molecule has 3 rings (SSSR count). The number of carboxylic acids is 1. The summed E-state index contributed by atoms with van der Waals surface area (Å²) in [5, 5.41) is 12.0. The highest BCUT2D eigenvalue weighted by Gasteiger charge is 2.19. The van der Waals surface area contributed by atoms with Gasteiger partial charge in [-0.2, -0.15) is 0 Å². The number of hydrogen-bond donors (Lipinski definition) is 3. The minimum atomic E-state index is -3.98. The van der Waals surface area contributed by atoms with Crippen molar-refractivity contribution < 1.29 is 23.1 Å². The Morgan fingerprint density at radius 1 is 0.875 bits per heavy atom. The molecule has 32 heavy (non-hydrogen) atoms. The van der Waals surface area contributed by atoms with Gasteiger partial charge in [-0.3, -0.25) is 9.52 Å². The van der Waals surface area contributed by atoms with Gasteiger partial charge < -0.3 is 10.4 Å². The first kappa shape index (κ1) is 23.3. The summed E-state index contributed by atoms with van der Waals surface area (Å²) >= 11 is 11.8. The third-order valence-electron chi connectivity index (χ3n) is 4.18. The number of amides is 1. The molecular weight excluding hydrogens is 475 g/mol. The van der Waals surface area contributed by atoms with Gasteiger partial charge in [0.2, 0.25) is 0 Å². The number of anilines is 2. The van der Waals surface area contributed by atoms with Gasteiger partial charge >= 0.3 is 5.97 Å². The van der Waals surface area contributed by atoms with Crippen LogP contribution in [0.15, 0.2) is 77.7 Å². The highest BCUT2D eigenvalue weighted by molar-refractivity contribution is 7.92. The summed E-state index contributed by atoms with van der Waals surface area (Å²) in [5.41, 5.74) is 1.12. The molecule has 0 spiro atoms. The predicted octanol–water partition coefficient (Wildman–Crippen LogP) is 5.14. The van der Waals surface area contributed by atoms with Gasteiger partial charge in [-0.15, -0.1) is 0 Å². The van der Waals surface area contributed by atoms with Crippen LogP contribution in [-0.4, -0.2) is 25.4 Å². The Morgan fingerprint density at radius 3 is 2.12 bits per heavy atom. The van der Waals surface area contributed by atoms with Crippen LogP contribution in [0.3, 0.4) is 0 Å². The largest absolute Gasteiger partial charge is 0.478 e. The monoisotopic (exact) mass is 490 g/mol. The summed E-state index contributed by atoms with van der Waals surface area (Å²) in [6, 6.07) is 16.2. The SMILES string of the molecule is O=C(O)/C=C/c1ccc(NC(=O)c2cc(Cl)ccc2NS(=O)(=O)c2ccc(Cl)cc2)cc1. The Kier molecular flexibility index (Phi) is 7.19. The molecule has 10 heteroatoms. The minimum absolute atomic E-state index is 0.0184. The molecule has 0 radical (unpaired) electrons. The van der Waals surface area contributed by atoms with Crippen LogP contribution in [0.5, 0.6) is 0 Å². The summed E-state index contributed by atoms with van der Waals surface area (Å²) in [4.78, 5) is 23.4. The molecule has 0 atom stereocenters. The van der Waals surface area contributed by atoms with Gasteiger partial charge in [-0.25, -0.2) is 13.2 Å². The van der Waals surface area contributed by atoms with Crippen LogP contribution < -0.4 is 10.0 Å². The number of carbonyl (C=O) groups excluding carboxylic acids is 1. The number of halogens is 2. The van der Waals surface area contributed by atoms with Gasteiger partial charge in [0.05, 0.1) is 16.1 Å². The third kappa shape index (κ3) is 6.10. The van der Waals surface area contributed by atoms with Gasteiger partial charge in [-0.05, 0) is 66.2 Å². The number of benzene rings is 3. The number of rotatable bonds is 7. The standard InChI is InChI=1S/C22H16Cl2N2O5S/c23-15-4-9-18(10-5-15)32(30,31)26-20-11-6-16(24)13-19(20)22(29)25-17-7-1-14(2-8-17)3-12-21(27)28/h1-13,26H,(H,25,29)(H,27,28)/b12-3+. The van der Waals surface area contributed by atoms with Crippen molar-refractivity contribution in [2.24, 2.45) is 0 Å². The smallest absolute Gasteiger partial charge is 0.328 e. The van der Waals surface area contributed by atoms with Crippen molar-refractivity contribution in [1.29, 1.82) is 0 Å². The predicted molar refractivity (Wildman–Crippen MR) is 125 cm³/mol. The third-order valence-corrected chi connectivity index (χ3v) is 6.05. The second kappa shape index (κ2) is 9.86. The molecule has 0 heterocycles. The Balaban J connectivity index is 1.83. The van der Waals surface area contributed by atoms with Crippen molar-refractivity contribution in [2.45, 2.75) is 4.90 Å². The molecule has 0 aliphatic rings.